The summed E-state index contributed by atoms with van der Waals surface area (Å²) in [6.45, 7) is 0. The summed E-state index contributed by atoms with van der Waals surface area (Å²) in [6.07, 6.45) is 1.67. The summed E-state index contributed by atoms with van der Waals surface area (Å²) in [4.78, 5) is 12.0. The number of benzene rings is 3. The number of hydrazone groups is 1. The van der Waals surface area contributed by atoms with Gasteiger partial charge in [-0.15, -0.1) is 0 Å². The molecule has 3 aromatic carbocycles. The average Bonchev–Trinajstić information content (AvgIpc) is 2.55. The molecule has 3 nitrogen and oxygen atoms in total. The van der Waals surface area contributed by atoms with E-state index in [1.165, 1.54) is 0 Å². The normalized spacial score (nSPS) is 11.0. The van der Waals surface area contributed by atoms with E-state index in [0.717, 1.165) is 19.9 Å². The lowest BCUT2D eigenvalue weighted by molar-refractivity contribution is 0.0955. The Morgan fingerprint density at radius 2 is 1.77 bits per heavy atom. The summed E-state index contributed by atoms with van der Waals surface area (Å²) in [5.74, 6) is -0.213. The summed E-state index contributed by atoms with van der Waals surface area (Å²) in [7, 11) is 0. The minimum Gasteiger partial charge on any atom is -0.267 e. The van der Waals surface area contributed by atoms with Crippen molar-refractivity contribution in [1.29, 1.82) is 0 Å². The smallest absolute Gasteiger partial charge is 0.267 e. The Morgan fingerprint density at radius 3 is 2.64 bits per heavy atom. The van der Waals surface area contributed by atoms with Crippen LogP contribution in [-0.4, -0.2) is 12.1 Å². The Balaban J connectivity index is 1.78. The lowest BCUT2D eigenvalue weighted by Gasteiger charge is -2.02. The first-order valence-electron chi connectivity index (χ1n) is 6.81. The van der Waals surface area contributed by atoms with Gasteiger partial charge >= 0.3 is 0 Å². The highest BCUT2D eigenvalue weighted by atomic mass is 127. The highest BCUT2D eigenvalue weighted by molar-refractivity contribution is 14.1. The van der Waals surface area contributed by atoms with Crippen molar-refractivity contribution in [1.82, 2.24) is 5.43 Å². The first-order valence-corrected chi connectivity index (χ1v) is 7.89. The van der Waals surface area contributed by atoms with Crippen molar-refractivity contribution in [3.8, 4) is 0 Å². The molecular formula is C18H13IN2O. The molecule has 0 heterocycles. The second-order valence-corrected chi connectivity index (χ2v) is 6.02. The second kappa shape index (κ2) is 6.70. The predicted molar refractivity (Wildman–Crippen MR) is 98.2 cm³/mol. The maximum absolute atomic E-state index is 12.0. The Labute approximate surface area is 142 Å². The molecule has 0 aromatic heterocycles. The summed E-state index contributed by atoms with van der Waals surface area (Å²) in [5, 5.41) is 6.33. The molecule has 0 saturated carbocycles. The van der Waals surface area contributed by atoms with Gasteiger partial charge in [0, 0.05) is 14.7 Å². The average molecular weight is 400 g/mol. The fraction of sp³-hybridized carbons (Fsp3) is 0. The molecular weight excluding hydrogens is 387 g/mol. The van der Waals surface area contributed by atoms with Crippen molar-refractivity contribution in [2.24, 2.45) is 5.10 Å². The number of amides is 1. The minimum atomic E-state index is -0.213. The van der Waals surface area contributed by atoms with Gasteiger partial charge in [0.2, 0.25) is 0 Å². The van der Waals surface area contributed by atoms with Crippen LogP contribution in [-0.2, 0) is 0 Å². The molecule has 4 heteroatoms. The van der Waals surface area contributed by atoms with Crippen molar-refractivity contribution < 1.29 is 4.79 Å². The van der Waals surface area contributed by atoms with Crippen molar-refractivity contribution in [3.63, 3.8) is 0 Å². The quantitative estimate of drug-likeness (QED) is 0.400. The molecule has 3 rings (SSSR count). The highest BCUT2D eigenvalue weighted by Crippen LogP contribution is 2.16. The number of fused-ring (bicyclic) bond motifs is 1. The molecule has 0 aliphatic heterocycles. The van der Waals surface area contributed by atoms with E-state index in [0.29, 0.717) is 5.56 Å². The number of carbonyl (C=O) groups is 1. The minimum absolute atomic E-state index is 0.213. The lowest BCUT2D eigenvalue weighted by Crippen LogP contribution is -2.17. The van der Waals surface area contributed by atoms with Gasteiger partial charge in [-0.2, -0.15) is 5.10 Å². The first kappa shape index (κ1) is 14.7. The van der Waals surface area contributed by atoms with Gasteiger partial charge in [-0.3, -0.25) is 4.79 Å². The SMILES string of the molecule is O=C(NN=Cc1cccc2ccccc12)c1cccc(I)c1. The van der Waals surface area contributed by atoms with Gasteiger partial charge < -0.3 is 0 Å². The van der Waals surface area contributed by atoms with Crippen LogP contribution in [0.4, 0.5) is 0 Å². The first-order chi connectivity index (χ1) is 10.7. The van der Waals surface area contributed by atoms with E-state index in [9.17, 15) is 4.79 Å². The molecule has 0 aliphatic rings. The van der Waals surface area contributed by atoms with Gasteiger partial charge in [-0.25, -0.2) is 5.43 Å². The lowest BCUT2D eigenvalue weighted by atomic mass is 10.1. The Hall–Kier alpha value is -2.21. The van der Waals surface area contributed by atoms with Crippen molar-refractivity contribution in [2.75, 3.05) is 0 Å². The molecule has 1 amide bonds. The van der Waals surface area contributed by atoms with E-state index < -0.39 is 0 Å². The van der Waals surface area contributed by atoms with Gasteiger partial charge in [-0.1, -0.05) is 48.5 Å². The monoisotopic (exact) mass is 400 g/mol. The molecule has 22 heavy (non-hydrogen) atoms. The summed E-state index contributed by atoms with van der Waals surface area (Å²) < 4.78 is 1.02. The van der Waals surface area contributed by atoms with Crippen LogP contribution in [0.1, 0.15) is 15.9 Å². The molecule has 0 saturated heterocycles. The van der Waals surface area contributed by atoms with Gasteiger partial charge in [-0.05, 0) is 51.6 Å². The van der Waals surface area contributed by atoms with Crippen LogP contribution in [0.2, 0.25) is 0 Å². The fourth-order valence-corrected chi connectivity index (χ4v) is 2.76. The molecule has 0 atom stereocenters. The zero-order valence-electron chi connectivity index (χ0n) is 11.7. The number of hydrogen-bond donors (Lipinski definition) is 1. The zero-order valence-corrected chi connectivity index (χ0v) is 13.8. The van der Waals surface area contributed by atoms with E-state index in [-0.39, 0.29) is 5.91 Å². The maximum Gasteiger partial charge on any atom is 0.271 e. The maximum atomic E-state index is 12.0. The molecule has 0 radical (unpaired) electrons. The molecule has 0 aliphatic carbocycles. The van der Waals surface area contributed by atoms with Crippen LogP contribution in [0.3, 0.4) is 0 Å². The number of hydrogen-bond acceptors (Lipinski definition) is 2. The number of halogens is 1. The van der Waals surface area contributed by atoms with Crippen molar-refractivity contribution in [2.45, 2.75) is 0 Å². The third-order valence-corrected chi connectivity index (χ3v) is 3.95. The largest absolute Gasteiger partial charge is 0.271 e. The van der Waals surface area contributed by atoms with Crippen LogP contribution in [0.25, 0.3) is 10.8 Å². The van der Waals surface area contributed by atoms with Crippen LogP contribution < -0.4 is 5.43 Å². The summed E-state index contributed by atoms with van der Waals surface area (Å²) in [5.41, 5.74) is 4.14. The van der Waals surface area contributed by atoms with Crippen molar-refractivity contribution in [3.05, 3.63) is 81.4 Å². The molecule has 0 bridgehead atoms. The number of carbonyl (C=O) groups excluding carboxylic acids is 1. The van der Waals surface area contributed by atoms with Crippen LogP contribution in [0.5, 0.6) is 0 Å². The van der Waals surface area contributed by atoms with Gasteiger partial charge in [0.1, 0.15) is 0 Å². The number of nitrogens with one attached hydrogen (secondary N) is 1. The van der Waals surface area contributed by atoms with E-state index in [2.05, 4.69) is 45.3 Å². The summed E-state index contributed by atoms with van der Waals surface area (Å²) in [6, 6.07) is 21.5. The standard InChI is InChI=1S/C18H13IN2O/c19-16-9-4-7-14(11-16)18(22)21-20-12-15-8-3-6-13-5-1-2-10-17(13)15/h1-12H,(H,21,22). The predicted octanol–water partition coefficient (Wildman–Crippen LogP) is 4.21. The number of nitrogens with zero attached hydrogens (tertiary/aromatic N) is 1. The van der Waals surface area contributed by atoms with Gasteiger partial charge in [0.25, 0.3) is 5.91 Å². The van der Waals surface area contributed by atoms with E-state index in [1.807, 2.05) is 48.5 Å². The van der Waals surface area contributed by atoms with E-state index in [4.69, 9.17) is 0 Å². The summed E-state index contributed by atoms with van der Waals surface area (Å²) >= 11 is 2.18. The Bertz CT molecular complexity index is 853. The topological polar surface area (TPSA) is 41.5 Å². The van der Waals surface area contributed by atoms with Crippen LogP contribution in [0, 0.1) is 3.57 Å². The van der Waals surface area contributed by atoms with Crippen LogP contribution >= 0.6 is 22.6 Å². The molecule has 0 spiro atoms. The molecule has 108 valence electrons. The number of rotatable bonds is 3. The van der Waals surface area contributed by atoms with Gasteiger partial charge in [0.05, 0.1) is 6.21 Å². The molecule has 0 unspecified atom stereocenters. The Morgan fingerprint density at radius 1 is 1.00 bits per heavy atom. The Kier molecular flexibility index (Phi) is 4.48. The third-order valence-electron chi connectivity index (χ3n) is 3.28. The highest BCUT2D eigenvalue weighted by Gasteiger charge is 2.04. The molecule has 3 aromatic rings. The third kappa shape index (κ3) is 3.33. The van der Waals surface area contributed by atoms with E-state index >= 15 is 0 Å². The second-order valence-electron chi connectivity index (χ2n) is 4.78. The molecule has 1 N–H and O–H groups in total. The van der Waals surface area contributed by atoms with Gasteiger partial charge in [0.15, 0.2) is 0 Å². The van der Waals surface area contributed by atoms with Crippen LogP contribution in [0.15, 0.2) is 71.8 Å². The van der Waals surface area contributed by atoms with Crippen molar-refractivity contribution >= 4 is 45.5 Å². The van der Waals surface area contributed by atoms with E-state index in [1.54, 1.807) is 12.3 Å². The zero-order chi connectivity index (χ0) is 15.4. The molecule has 0 fully saturated rings. The fourth-order valence-electron chi connectivity index (χ4n) is 2.22.